The van der Waals surface area contributed by atoms with Gasteiger partial charge in [-0.15, -0.1) is 0 Å². The number of aryl methyl sites for hydroxylation is 1. The first kappa shape index (κ1) is 14.0. The fourth-order valence-electron chi connectivity index (χ4n) is 2.82. The van der Waals surface area contributed by atoms with Crippen LogP contribution in [0.1, 0.15) is 24.0 Å². The Morgan fingerprint density at radius 1 is 1.10 bits per heavy atom. The van der Waals surface area contributed by atoms with Gasteiger partial charge in [0.1, 0.15) is 5.75 Å². The van der Waals surface area contributed by atoms with Gasteiger partial charge in [0.05, 0.1) is 12.8 Å². The number of nitrogens with zero attached hydrogens (tertiary/aromatic N) is 1. The zero-order valence-corrected chi connectivity index (χ0v) is 12.5. The molecule has 0 spiro atoms. The standard InChI is InChI=1S/C17H16ClNO2/c1-21-17-8-7-13(18)10-15(17)12-6-5-11-3-2-4-16(19-20)14(11)9-12/h5-10,20H,2-4H2,1H3/b19-16+. The number of hydrogen-bond donors (Lipinski definition) is 1. The van der Waals surface area contributed by atoms with Crippen molar-refractivity contribution >= 4 is 17.3 Å². The SMILES string of the molecule is COc1ccc(Cl)cc1-c1ccc2c(c1)/C(=N/O)CCC2. The molecule has 3 rings (SSSR count). The second-order valence-corrected chi connectivity index (χ2v) is 5.55. The van der Waals surface area contributed by atoms with E-state index in [1.165, 1.54) is 5.56 Å². The van der Waals surface area contributed by atoms with Crippen LogP contribution < -0.4 is 4.74 Å². The molecular formula is C17H16ClNO2. The van der Waals surface area contributed by atoms with Crippen LogP contribution in [0.15, 0.2) is 41.6 Å². The molecule has 0 atom stereocenters. The van der Waals surface area contributed by atoms with Gasteiger partial charge < -0.3 is 9.94 Å². The van der Waals surface area contributed by atoms with Crippen molar-refractivity contribution in [2.24, 2.45) is 5.16 Å². The predicted molar refractivity (Wildman–Crippen MR) is 84.7 cm³/mol. The Morgan fingerprint density at radius 2 is 1.95 bits per heavy atom. The second-order valence-electron chi connectivity index (χ2n) is 5.12. The molecule has 0 saturated carbocycles. The highest BCUT2D eigenvalue weighted by molar-refractivity contribution is 6.31. The normalized spacial score (nSPS) is 15.8. The van der Waals surface area contributed by atoms with Gasteiger partial charge in [0, 0.05) is 16.1 Å². The van der Waals surface area contributed by atoms with E-state index in [1.807, 2.05) is 18.2 Å². The Hall–Kier alpha value is -2.00. The minimum absolute atomic E-state index is 0.666. The molecule has 1 aliphatic rings. The molecule has 3 nitrogen and oxygen atoms in total. The summed E-state index contributed by atoms with van der Waals surface area (Å²) < 4.78 is 5.41. The maximum atomic E-state index is 9.19. The van der Waals surface area contributed by atoms with Crippen LogP contribution in [-0.4, -0.2) is 18.0 Å². The predicted octanol–water partition coefficient (Wildman–Crippen LogP) is 4.53. The maximum absolute atomic E-state index is 9.19. The van der Waals surface area contributed by atoms with Gasteiger partial charge in [0.15, 0.2) is 0 Å². The first-order chi connectivity index (χ1) is 10.2. The van der Waals surface area contributed by atoms with Gasteiger partial charge in [-0.25, -0.2) is 0 Å². The van der Waals surface area contributed by atoms with E-state index >= 15 is 0 Å². The molecule has 0 amide bonds. The van der Waals surface area contributed by atoms with Crippen molar-refractivity contribution < 1.29 is 9.94 Å². The first-order valence-electron chi connectivity index (χ1n) is 6.91. The third-order valence-corrected chi connectivity index (χ3v) is 4.11. The van der Waals surface area contributed by atoms with Crippen molar-refractivity contribution in [3.8, 4) is 16.9 Å². The van der Waals surface area contributed by atoms with Crippen molar-refractivity contribution in [3.05, 3.63) is 52.5 Å². The minimum Gasteiger partial charge on any atom is -0.496 e. The number of ether oxygens (including phenoxy) is 1. The fourth-order valence-corrected chi connectivity index (χ4v) is 2.99. The van der Waals surface area contributed by atoms with Gasteiger partial charge in [0.2, 0.25) is 0 Å². The smallest absolute Gasteiger partial charge is 0.126 e. The van der Waals surface area contributed by atoms with Gasteiger partial charge in [0.25, 0.3) is 0 Å². The van der Waals surface area contributed by atoms with E-state index < -0.39 is 0 Å². The molecule has 0 radical (unpaired) electrons. The number of fused-ring (bicyclic) bond motifs is 1. The quantitative estimate of drug-likeness (QED) is 0.654. The number of rotatable bonds is 2. The zero-order chi connectivity index (χ0) is 14.8. The molecule has 2 aromatic carbocycles. The van der Waals surface area contributed by atoms with E-state index in [1.54, 1.807) is 7.11 Å². The van der Waals surface area contributed by atoms with E-state index in [0.29, 0.717) is 5.02 Å². The summed E-state index contributed by atoms with van der Waals surface area (Å²) in [5.41, 5.74) is 4.94. The third-order valence-electron chi connectivity index (χ3n) is 3.87. The summed E-state index contributed by atoms with van der Waals surface area (Å²) in [6.07, 6.45) is 2.84. The number of methoxy groups -OCH3 is 1. The minimum atomic E-state index is 0.666. The summed E-state index contributed by atoms with van der Waals surface area (Å²) in [5.74, 6) is 0.776. The van der Waals surface area contributed by atoms with Crippen LogP contribution in [0.5, 0.6) is 5.75 Å². The molecule has 0 saturated heterocycles. The molecule has 0 unspecified atom stereocenters. The lowest BCUT2D eigenvalue weighted by Gasteiger charge is -2.18. The van der Waals surface area contributed by atoms with Crippen LogP contribution in [0.2, 0.25) is 5.02 Å². The zero-order valence-electron chi connectivity index (χ0n) is 11.8. The molecule has 4 heteroatoms. The van der Waals surface area contributed by atoms with Crippen LogP contribution >= 0.6 is 11.6 Å². The number of benzene rings is 2. The molecule has 0 heterocycles. The van der Waals surface area contributed by atoms with E-state index in [2.05, 4.69) is 23.4 Å². The van der Waals surface area contributed by atoms with Gasteiger partial charge in [-0.05, 0) is 54.7 Å². The molecule has 0 aliphatic heterocycles. The summed E-state index contributed by atoms with van der Waals surface area (Å²) in [5, 5.41) is 13.3. The lowest BCUT2D eigenvalue weighted by Crippen LogP contribution is -2.12. The summed E-state index contributed by atoms with van der Waals surface area (Å²) in [7, 11) is 1.64. The second kappa shape index (κ2) is 5.78. The molecule has 2 aromatic rings. The summed E-state index contributed by atoms with van der Waals surface area (Å²) in [6, 6.07) is 11.8. The highest BCUT2D eigenvalue weighted by Crippen LogP contribution is 2.35. The molecule has 21 heavy (non-hydrogen) atoms. The Labute approximate surface area is 128 Å². The molecule has 1 N–H and O–H groups in total. The summed E-state index contributed by atoms with van der Waals surface area (Å²) >= 11 is 6.10. The van der Waals surface area contributed by atoms with Crippen LogP contribution in [0.25, 0.3) is 11.1 Å². The summed E-state index contributed by atoms with van der Waals surface area (Å²) in [4.78, 5) is 0. The van der Waals surface area contributed by atoms with Crippen LogP contribution in [0.3, 0.4) is 0 Å². The van der Waals surface area contributed by atoms with E-state index in [0.717, 1.165) is 47.4 Å². The van der Waals surface area contributed by atoms with E-state index in [-0.39, 0.29) is 0 Å². The Balaban J connectivity index is 2.14. The monoisotopic (exact) mass is 301 g/mol. The number of oxime groups is 1. The Morgan fingerprint density at radius 3 is 2.71 bits per heavy atom. The Bertz CT molecular complexity index is 710. The van der Waals surface area contributed by atoms with Crippen molar-refractivity contribution in [1.29, 1.82) is 0 Å². The van der Waals surface area contributed by atoms with Gasteiger partial charge in [-0.3, -0.25) is 0 Å². The fraction of sp³-hybridized carbons (Fsp3) is 0.235. The largest absolute Gasteiger partial charge is 0.496 e. The van der Waals surface area contributed by atoms with Crippen molar-refractivity contribution in [2.75, 3.05) is 7.11 Å². The number of halogens is 1. The van der Waals surface area contributed by atoms with Crippen LogP contribution in [-0.2, 0) is 6.42 Å². The van der Waals surface area contributed by atoms with Crippen molar-refractivity contribution in [3.63, 3.8) is 0 Å². The highest BCUT2D eigenvalue weighted by atomic mass is 35.5. The molecular weight excluding hydrogens is 286 g/mol. The third kappa shape index (κ3) is 2.61. The van der Waals surface area contributed by atoms with Crippen LogP contribution in [0.4, 0.5) is 0 Å². The van der Waals surface area contributed by atoms with E-state index in [9.17, 15) is 5.21 Å². The molecule has 0 bridgehead atoms. The van der Waals surface area contributed by atoms with E-state index in [4.69, 9.17) is 16.3 Å². The van der Waals surface area contributed by atoms with Crippen molar-refractivity contribution in [1.82, 2.24) is 0 Å². The topological polar surface area (TPSA) is 41.8 Å². The molecule has 0 fully saturated rings. The maximum Gasteiger partial charge on any atom is 0.126 e. The van der Waals surface area contributed by atoms with Gasteiger partial charge in [-0.2, -0.15) is 0 Å². The lowest BCUT2D eigenvalue weighted by molar-refractivity contribution is 0.317. The summed E-state index contributed by atoms with van der Waals surface area (Å²) in [6.45, 7) is 0. The van der Waals surface area contributed by atoms with Gasteiger partial charge >= 0.3 is 0 Å². The average Bonchev–Trinajstić information content (AvgIpc) is 2.53. The lowest BCUT2D eigenvalue weighted by atomic mass is 9.87. The van der Waals surface area contributed by atoms with Gasteiger partial charge in [-0.1, -0.05) is 28.9 Å². The molecule has 0 aromatic heterocycles. The van der Waals surface area contributed by atoms with Crippen LogP contribution in [0, 0.1) is 0 Å². The number of hydrogen-bond acceptors (Lipinski definition) is 3. The average molecular weight is 302 g/mol. The Kier molecular flexibility index (Phi) is 3.84. The van der Waals surface area contributed by atoms with Crippen molar-refractivity contribution in [2.45, 2.75) is 19.3 Å². The molecule has 108 valence electrons. The highest BCUT2D eigenvalue weighted by Gasteiger charge is 2.17. The molecule has 1 aliphatic carbocycles. The first-order valence-corrected chi connectivity index (χ1v) is 7.29.